The van der Waals surface area contributed by atoms with Crippen molar-refractivity contribution in [1.82, 2.24) is 14.5 Å². The van der Waals surface area contributed by atoms with E-state index in [-0.39, 0.29) is 43.9 Å². The number of carbonyl (C=O) groups is 1. The maximum Gasteiger partial charge on any atom is 0.354 e. The number of methoxy groups -OCH3 is 1. The number of carboxylic acid groups (broad SMARTS) is 1. The van der Waals surface area contributed by atoms with E-state index in [1.54, 1.807) is 6.92 Å². The third kappa shape index (κ3) is 4.00. The molecular weight excluding hydrogens is 503 g/mol. The Balaban J connectivity index is 1.93. The maximum absolute atomic E-state index is 14.6. The second-order valence-electron chi connectivity index (χ2n) is 7.47. The first-order valence-electron chi connectivity index (χ1n) is 9.94. The molecule has 35 heavy (non-hydrogen) atoms. The monoisotopic (exact) mass is 520 g/mol. The lowest BCUT2D eigenvalue weighted by Crippen LogP contribution is -2.28. The number of halogens is 2. The molecule has 4 aromatic rings. The van der Waals surface area contributed by atoms with E-state index in [1.807, 2.05) is 0 Å². The van der Waals surface area contributed by atoms with Crippen LogP contribution in [-0.4, -0.2) is 48.2 Å². The van der Waals surface area contributed by atoms with Crippen LogP contribution in [-0.2, 0) is 10.0 Å². The minimum absolute atomic E-state index is 0.000940. The highest BCUT2D eigenvalue weighted by Crippen LogP contribution is 2.35. The number of nitrogens with zero attached hydrogens (tertiary/aromatic N) is 3. The van der Waals surface area contributed by atoms with Gasteiger partial charge in [-0.15, -0.1) is 0 Å². The fourth-order valence-corrected chi connectivity index (χ4v) is 5.07. The molecule has 10 nitrogen and oxygen atoms in total. The van der Waals surface area contributed by atoms with E-state index in [2.05, 4.69) is 9.97 Å². The zero-order chi connectivity index (χ0) is 25.7. The molecule has 0 bridgehead atoms. The fourth-order valence-electron chi connectivity index (χ4n) is 3.63. The van der Waals surface area contributed by atoms with E-state index >= 15 is 0 Å². The summed E-state index contributed by atoms with van der Waals surface area (Å²) in [6.07, 6.45) is 0. The van der Waals surface area contributed by atoms with Crippen molar-refractivity contribution in [2.45, 2.75) is 11.8 Å². The summed E-state index contributed by atoms with van der Waals surface area (Å²) in [5.74, 6) is -2.13. The molecule has 0 unspecified atom stereocenters. The lowest BCUT2D eigenvalue weighted by atomic mass is 10.2. The number of pyridine rings is 1. The predicted molar refractivity (Wildman–Crippen MR) is 127 cm³/mol. The van der Waals surface area contributed by atoms with Crippen LogP contribution in [0.25, 0.3) is 16.9 Å². The summed E-state index contributed by atoms with van der Waals surface area (Å²) < 4.78 is 48.2. The van der Waals surface area contributed by atoms with Crippen molar-refractivity contribution in [3.63, 3.8) is 0 Å². The number of ether oxygens (including phenoxy) is 1. The molecule has 2 aromatic carbocycles. The molecule has 0 fully saturated rings. The largest absolute Gasteiger partial charge is 0.494 e. The number of aromatic nitrogens is 3. The molecular formula is C22H18ClFN4O6S. The molecule has 0 saturated heterocycles. The van der Waals surface area contributed by atoms with Gasteiger partial charge in [-0.25, -0.2) is 31.9 Å². The number of fused-ring (bicyclic) bond motifs is 1. The number of imidazole rings is 1. The number of anilines is 1. The quantitative estimate of drug-likeness (QED) is 0.398. The topological polar surface area (TPSA) is 135 Å². The van der Waals surface area contributed by atoms with Gasteiger partial charge in [-0.05, 0) is 48.9 Å². The Morgan fingerprint density at radius 1 is 1.26 bits per heavy atom. The molecule has 0 spiro atoms. The molecule has 13 heteroatoms. The molecule has 0 aliphatic rings. The van der Waals surface area contributed by atoms with E-state index in [1.165, 1.54) is 37.4 Å². The summed E-state index contributed by atoms with van der Waals surface area (Å²) >= 11 is 6.32. The van der Waals surface area contributed by atoms with Crippen molar-refractivity contribution in [2.75, 3.05) is 18.5 Å². The van der Waals surface area contributed by atoms with Crippen LogP contribution in [0.15, 0.2) is 52.2 Å². The lowest BCUT2D eigenvalue weighted by molar-refractivity contribution is 0.0690. The Morgan fingerprint density at radius 3 is 2.63 bits per heavy atom. The van der Waals surface area contributed by atoms with Crippen LogP contribution < -0.4 is 14.7 Å². The molecule has 2 aromatic heterocycles. The zero-order valence-electron chi connectivity index (χ0n) is 18.5. The molecule has 2 N–H and O–H groups in total. The second-order valence-corrected chi connectivity index (χ2v) is 9.85. The van der Waals surface area contributed by atoms with Gasteiger partial charge in [0.1, 0.15) is 11.4 Å². The van der Waals surface area contributed by atoms with Gasteiger partial charge >= 0.3 is 11.7 Å². The first kappa shape index (κ1) is 24.2. The zero-order valence-corrected chi connectivity index (χ0v) is 20.1. The van der Waals surface area contributed by atoms with E-state index < -0.39 is 27.5 Å². The van der Waals surface area contributed by atoms with Gasteiger partial charge in [-0.1, -0.05) is 17.7 Å². The highest BCUT2D eigenvalue weighted by molar-refractivity contribution is 7.92. The molecule has 4 rings (SSSR count). The number of aromatic amines is 1. The average molecular weight is 521 g/mol. The van der Waals surface area contributed by atoms with E-state index in [4.69, 9.17) is 16.3 Å². The van der Waals surface area contributed by atoms with Gasteiger partial charge in [-0.2, -0.15) is 0 Å². The van der Waals surface area contributed by atoms with Crippen LogP contribution >= 0.6 is 11.6 Å². The van der Waals surface area contributed by atoms with Crippen molar-refractivity contribution in [1.29, 1.82) is 0 Å². The van der Waals surface area contributed by atoms with Crippen molar-refractivity contribution >= 4 is 44.4 Å². The van der Waals surface area contributed by atoms with Crippen LogP contribution in [0.5, 0.6) is 5.75 Å². The second kappa shape index (κ2) is 8.71. The SMILES string of the molecule is COc1cccc(F)c1N(C)S(=O)(=O)c1ccc(Cl)c(-n2c(=O)[nH]c3c(C)cc(C(=O)O)nc32)c1. The fraction of sp³-hybridized carbons (Fsp3) is 0.136. The maximum atomic E-state index is 14.6. The number of para-hydroxylation sites is 1. The third-order valence-electron chi connectivity index (χ3n) is 5.36. The smallest absolute Gasteiger partial charge is 0.354 e. The number of benzene rings is 2. The predicted octanol–water partition coefficient (Wildman–Crippen LogP) is 3.35. The van der Waals surface area contributed by atoms with Gasteiger partial charge < -0.3 is 14.8 Å². The van der Waals surface area contributed by atoms with Crippen LogP contribution in [0.2, 0.25) is 5.02 Å². The first-order chi connectivity index (χ1) is 16.5. The van der Waals surface area contributed by atoms with Crippen molar-refractivity contribution < 1.29 is 27.4 Å². The molecule has 0 saturated carbocycles. The highest BCUT2D eigenvalue weighted by atomic mass is 35.5. The Hall–Kier alpha value is -3.90. The number of carboxylic acids is 1. The van der Waals surface area contributed by atoms with Crippen LogP contribution in [0, 0.1) is 12.7 Å². The van der Waals surface area contributed by atoms with Gasteiger partial charge in [0.15, 0.2) is 17.2 Å². The van der Waals surface area contributed by atoms with Gasteiger partial charge in [-0.3, -0.25) is 4.31 Å². The summed E-state index contributed by atoms with van der Waals surface area (Å²) in [5.41, 5.74) is -0.737. The normalized spacial score (nSPS) is 11.6. The lowest BCUT2D eigenvalue weighted by Gasteiger charge is -2.22. The number of hydrogen-bond donors (Lipinski definition) is 2. The highest BCUT2D eigenvalue weighted by Gasteiger charge is 2.28. The minimum Gasteiger partial charge on any atom is -0.494 e. The molecule has 2 heterocycles. The molecule has 0 radical (unpaired) electrons. The molecule has 0 aliphatic carbocycles. The Kier molecular flexibility index (Phi) is 6.03. The van der Waals surface area contributed by atoms with E-state index in [0.717, 1.165) is 28.1 Å². The van der Waals surface area contributed by atoms with Crippen molar-refractivity contribution in [2.24, 2.45) is 0 Å². The summed E-state index contributed by atoms with van der Waals surface area (Å²) in [6, 6.07) is 8.77. The number of nitrogens with one attached hydrogen (secondary N) is 1. The summed E-state index contributed by atoms with van der Waals surface area (Å²) in [6.45, 7) is 1.59. The van der Waals surface area contributed by atoms with Crippen LogP contribution in [0.4, 0.5) is 10.1 Å². The average Bonchev–Trinajstić information content (AvgIpc) is 3.14. The number of rotatable bonds is 6. The van der Waals surface area contributed by atoms with Gasteiger partial charge in [0.05, 0.1) is 28.2 Å². The standard InChI is InChI=1S/C22H18ClFN4O6S/c1-11-9-15(21(29)30)25-20-18(11)26-22(31)28(20)16-10-12(7-8-13(16)23)35(32,33)27(2)19-14(24)5-4-6-17(19)34-3/h4-10H,1-3H3,(H,26,31)(H,29,30). The first-order valence-corrected chi connectivity index (χ1v) is 11.8. The molecule has 182 valence electrons. The Labute approximate surface area is 203 Å². The van der Waals surface area contributed by atoms with Gasteiger partial charge in [0.2, 0.25) is 0 Å². The van der Waals surface area contributed by atoms with Crippen LogP contribution in [0.1, 0.15) is 16.1 Å². The van der Waals surface area contributed by atoms with Crippen molar-refractivity contribution in [3.8, 4) is 11.4 Å². The van der Waals surface area contributed by atoms with E-state index in [9.17, 15) is 27.5 Å². The van der Waals surface area contributed by atoms with Gasteiger partial charge in [0, 0.05) is 7.05 Å². The van der Waals surface area contributed by atoms with E-state index in [0.29, 0.717) is 5.56 Å². The van der Waals surface area contributed by atoms with Crippen LogP contribution in [0.3, 0.4) is 0 Å². The summed E-state index contributed by atoms with van der Waals surface area (Å²) in [7, 11) is -1.92. The Morgan fingerprint density at radius 2 is 1.97 bits per heavy atom. The number of sulfonamides is 1. The molecule has 0 aliphatic heterocycles. The summed E-state index contributed by atoms with van der Waals surface area (Å²) in [5, 5.41) is 9.36. The summed E-state index contributed by atoms with van der Waals surface area (Å²) in [4.78, 5) is 30.6. The Bertz CT molecular complexity index is 1660. The molecule has 0 atom stereocenters. The number of aromatic carboxylic acids is 1. The van der Waals surface area contributed by atoms with Gasteiger partial charge in [0.25, 0.3) is 10.0 Å². The van der Waals surface area contributed by atoms with Crippen molar-refractivity contribution in [3.05, 3.63) is 75.0 Å². The number of hydrogen-bond acceptors (Lipinski definition) is 6. The molecule has 0 amide bonds. The number of aryl methyl sites for hydroxylation is 1. The number of H-pyrrole nitrogens is 1. The third-order valence-corrected chi connectivity index (χ3v) is 7.44. The minimum atomic E-state index is -4.36.